The van der Waals surface area contributed by atoms with Crippen molar-refractivity contribution in [2.24, 2.45) is 0 Å². The monoisotopic (exact) mass is 138 g/mol. The lowest BCUT2D eigenvalue weighted by Gasteiger charge is -2.14. The summed E-state index contributed by atoms with van der Waals surface area (Å²) in [6.45, 7) is 2.60. The molecule has 0 unspecified atom stereocenters. The van der Waals surface area contributed by atoms with E-state index in [2.05, 4.69) is 5.32 Å². The summed E-state index contributed by atoms with van der Waals surface area (Å²) < 4.78 is 0. The summed E-state index contributed by atoms with van der Waals surface area (Å²) in [6.07, 6.45) is 1.99. The second-order valence-electron chi connectivity index (χ2n) is 2.34. The van der Waals surface area contributed by atoms with Crippen molar-refractivity contribution in [3.63, 3.8) is 0 Å². The average molecular weight is 138 g/mol. The van der Waals surface area contributed by atoms with E-state index in [0.29, 0.717) is 12.1 Å². The molecule has 54 valence electrons. The topological polar surface area (TPSA) is 53.0 Å². The molecule has 10 heavy (non-hydrogen) atoms. The van der Waals surface area contributed by atoms with E-state index in [1.807, 2.05) is 6.92 Å². The third-order valence-electron chi connectivity index (χ3n) is 1.63. The Morgan fingerprint density at radius 1 is 1.70 bits per heavy atom. The Morgan fingerprint density at radius 3 is 2.80 bits per heavy atom. The molecule has 1 aliphatic heterocycles. The fourth-order valence-electron chi connectivity index (χ4n) is 0.976. The van der Waals surface area contributed by atoms with Crippen LogP contribution in [0, 0.1) is 5.41 Å². The largest absolute Gasteiger partial charge is 0.352 e. The summed E-state index contributed by atoms with van der Waals surface area (Å²) in [5.74, 6) is -0.112. The Labute approximate surface area is 59.6 Å². The van der Waals surface area contributed by atoms with Crippen LogP contribution in [0.1, 0.15) is 13.3 Å². The fourth-order valence-corrected chi connectivity index (χ4v) is 0.976. The highest BCUT2D eigenvalue weighted by molar-refractivity contribution is 6.12. The van der Waals surface area contributed by atoms with E-state index in [4.69, 9.17) is 5.41 Å². The first-order valence-corrected chi connectivity index (χ1v) is 3.24. The maximum absolute atomic E-state index is 10.9. The Morgan fingerprint density at radius 2 is 2.40 bits per heavy atom. The Kier molecular flexibility index (Phi) is 1.85. The molecular formula is C7H10N2O. The zero-order valence-electron chi connectivity index (χ0n) is 5.90. The molecule has 0 bridgehead atoms. The highest BCUT2D eigenvalue weighted by atomic mass is 16.1. The number of amides is 1. The van der Waals surface area contributed by atoms with E-state index in [9.17, 15) is 4.79 Å². The van der Waals surface area contributed by atoms with Crippen LogP contribution in [0.25, 0.3) is 0 Å². The summed E-state index contributed by atoms with van der Waals surface area (Å²) >= 11 is 0. The molecule has 0 fully saturated rings. The fraction of sp³-hybridized carbons (Fsp3) is 0.429. The predicted octanol–water partition coefficient (Wildman–Crippen LogP) is 0.472. The van der Waals surface area contributed by atoms with Crippen molar-refractivity contribution in [1.29, 1.82) is 5.41 Å². The average Bonchev–Trinajstić information content (AvgIpc) is 1.88. The SMILES string of the molecule is CC1=C(C=N)C(=O)NCC1. The second-order valence-corrected chi connectivity index (χ2v) is 2.34. The van der Waals surface area contributed by atoms with Crippen LogP contribution in [0.3, 0.4) is 0 Å². The van der Waals surface area contributed by atoms with Crippen LogP contribution < -0.4 is 5.32 Å². The van der Waals surface area contributed by atoms with Gasteiger partial charge in [-0.1, -0.05) is 5.57 Å². The van der Waals surface area contributed by atoms with Crippen molar-refractivity contribution in [3.8, 4) is 0 Å². The molecule has 1 heterocycles. The highest BCUT2D eigenvalue weighted by Gasteiger charge is 2.13. The Balaban J connectivity index is 2.94. The van der Waals surface area contributed by atoms with Gasteiger partial charge in [0, 0.05) is 12.8 Å². The smallest absolute Gasteiger partial charge is 0.252 e. The van der Waals surface area contributed by atoms with Crippen molar-refractivity contribution in [2.45, 2.75) is 13.3 Å². The van der Waals surface area contributed by atoms with Crippen LogP contribution >= 0.6 is 0 Å². The van der Waals surface area contributed by atoms with Crippen molar-refractivity contribution in [1.82, 2.24) is 5.32 Å². The molecule has 0 aromatic heterocycles. The van der Waals surface area contributed by atoms with Gasteiger partial charge in [0.05, 0.1) is 5.57 Å². The van der Waals surface area contributed by atoms with Gasteiger partial charge in [0.1, 0.15) is 0 Å². The van der Waals surface area contributed by atoms with Gasteiger partial charge >= 0.3 is 0 Å². The van der Waals surface area contributed by atoms with Crippen molar-refractivity contribution in [3.05, 3.63) is 11.1 Å². The minimum atomic E-state index is -0.112. The first-order chi connectivity index (χ1) is 4.75. The van der Waals surface area contributed by atoms with Crippen LogP contribution in [-0.4, -0.2) is 18.7 Å². The van der Waals surface area contributed by atoms with Crippen molar-refractivity contribution < 1.29 is 4.79 Å². The molecule has 0 saturated heterocycles. The maximum atomic E-state index is 10.9. The Bertz CT molecular complexity index is 206. The molecule has 0 aromatic carbocycles. The molecule has 1 amide bonds. The van der Waals surface area contributed by atoms with E-state index in [1.54, 1.807) is 0 Å². The standard InChI is InChI=1S/C7H10N2O/c1-5-2-3-9-7(10)6(5)4-8/h4,8H,2-3H2,1H3,(H,9,10). The summed E-state index contributed by atoms with van der Waals surface area (Å²) in [5, 5.41) is 9.58. The van der Waals surface area contributed by atoms with Gasteiger partial charge in [-0.25, -0.2) is 0 Å². The number of nitrogens with one attached hydrogen (secondary N) is 2. The normalized spacial score (nSPS) is 18.7. The van der Waals surface area contributed by atoms with Crippen molar-refractivity contribution >= 4 is 12.1 Å². The highest BCUT2D eigenvalue weighted by Crippen LogP contribution is 2.09. The Hall–Kier alpha value is -1.12. The molecule has 0 spiro atoms. The zero-order chi connectivity index (χ0) is 7.56. The number of carbonyl (C=O) groups excluding carboxylic acids is 1. The van der Waals surface area contributed by atoms with Gasteiger partial charge in [0.15, 0.2) is 0 Å². The number of carbonyl (C=O) groups is 1. The molecule has 2 N–H and O–H groups in total. The second kappa shape index (κ2) is 2.64. The van der Waals surface area contributed by atoms with Gasteiger partial charge in [-0.05, 0) is 13.3 Å². The van der Waals surface area contributed by atoms with Gasteiger partial charge < -0.3 is 10.7 Å². The molecule has 3 heteroatoms. The van der Waals surface area contributed by atoms with Gasteiger partial charge in [0.2, 0.25) is 0 Å². The summed E-state index contributed by atoms with van der Waals surface area (Å²) in [5.41, 5.74) is 1.53. The third-order valence-corrected chi connectivity index (χ3v) is 1.63. The quantitative estimate of drug-likeness (QED) is 0.508. The van der Waals surface area contributed by atoms with Crippen LogP contribution in [0.15, 0.2) is 11.1 Å². The number of rotatable bonds is 1. The number of hydrogen-bond donors (Lipinski definition) is 2. The molecule has 0 aliphatic carbocycles. The zero-order valence-corrected chi connectivity index (χ0v) is 5.90. The molecule has 0 radical (unpaired) electrons. The van der Waals surface area contributed by atoms with Gasteiger partial charge in [0.25, 0.3) is 5.91 Å². The van der Waals surface area contributed by atoms with Crippen LogP contribution in [0.5, 0.6) is 0 Å². The lowest BCUT2D eigenvalue weighted by Crippen LogP contribution is -2.31. The van der Waals surface area contributed by atoms with Crippen LogP contribution in [0.4, 0.5) is 0 Å². The van der Waals surface area contributed by atoms with Gasteiger partial charge in [-0.3, -0.25) is 4.79 Å². The van der Waals surface area contributed by atoms with Crippen LogP contribution in [0.2, 0.25) is 0 Å². The summed E-state index contributed by atoms with van der Waals surface area (Å²) in [7, 11) is 0. The molecule has 0 aromatic rings. The van der Waals surface area contributed by atoms with E-state index in [1.165, 1.54) is 0 Å². The predicted molar refractivity (Wildman–Crippen MR) is 39.1 cm³/mol. The van der Waals surface area contributed by atoms with Gasteiger partial charge in [-0.2, -0.15) is 0 Å². The molecule has 0 atom stereocenters. The van der Waals surface area contributed by atoms with E-state index in [-0.39, 0.29) is 5.91 Å². The summed E-state index contributed by atoms with van der Waals surface area (Å²) in [4.78, 5) is 10.9. The molecule has 3 nitrogen and oxygen atoms in total. The first kappa shape index (κ1) is 6.99. The first-order valence-electron chi connectivity index (χ1n) is 3.24. The van der Waals surface area contributed by atoms with Crippen LogP contribution in [-0.2, 0) is 4.79 Å². The minimum absolute atomic E-state index is 0.112. The third kappa shape index (κ3) is 1.07. The maximum Gasteiger partial charge on any atom is 0.252 e. The number of hydrogen-bond acceptors (Lipinski definition) is 2. The molecule has 1 aliphatic rings. The van der Waals surface area contributed by atoms with Crippen molar-refractivity contribution in [2.75, 3.05) is 6.54 Å². The van der Waals surface area contributed by atoms with E-state index < -0.39 is 0 Å². The lowest BCUT2D eigenvalue weighted by molar-refractivity contribution is -0.117. The molecule has 1 rings (SSSR count). The summed E-state index contributed by atoms with van der Waals surface area (Å²) in [6, 6.07) is 0. The van der Waals surface area contributed by atoms with Gasteiger partial charge in [-0.15, -0.1) is 0 Å². The van der Waals surface area contributed by atoms with E-state index >= 15 is 0 Å². The lowest BCUT2D eigenvalue weighted by atomic mass is 10.0. The minimum Gasteiger partial charge on any atom is -0.352 e. The molecule has 0 saturated carbocycles. The van der Waals surface area contributed by atoms with E-state index in [0.717, 1.165) is 18.2 Å². The molecular weight excluding hydrogens is 128 g/mol.